The van der Waals surface area contributed by atoms with Crippen LogP contribution < -0.4 is 0 Å². The van der Waals surface area contributed by atoms with Crippen molar-refractivity contribution < 1.29 is 28.5 Å². The Kier molecular flexibility index (Phi) is 15.0. The van der Waals surface area contributed by atoms with Gasteiger partial charge < -0.3 is 18.9 Å². The predicted molar refractivity (Wildman–Crippen MR) is 108 cm³/mol. The van der Waals surface area contributed by atoms with Gasteiger partial charge in [0.25, 0.3) is 5.78 Å². The van der Waals surface area contributed by atoms with E-state index in [9.17, 15) is 9.59 Å². The van der Waals surface area contributed by atoms with Crippen LogP contribution in [0.15, 0.2) is 30.3 Å². The zero-order chi connectivity index (χ0) is 20.3. The number of carbonyl (C=O) groups excluding carboxylic acids is 2. The summed E-state index contributed by atoms with van der Waals surface area (Å²) in [6.45, 7) is 5.27. The molecule has 0 atom stereocenters. The number of hydrogen-bond acceptors (Lipinski definition) is 6. The maximum Gasteiger partial charge on any atom is 0.379 e. The van der Waals surface area contributed by atoms with Crippen molar-refractivity contribution in [3.05, 3.63) is 35.9 Å². The first-order chi connectivity index (χ1) is 13.8. The fourth-order valence-electron chi connectivity index (χ4n) is 2.49. The molecule has 28 heavy (non-hydrogen) atoms. The average Bonchev–Trinajstić information content (AvgIpc) is 2.73. The first-order valence-electron chi connectivity index (χ1n) is 10.3. The lowest BCUT2D eigenvalue weighted by atomic mass is 10.1. The number of benzene rings is 1. The summed E-state index contributed by atoms with van der Waals surface area (Å²) in [6.07, 6.45) is 7.55. The largest absolute Gasteiger partial charge is 0.457 e. The average molecular weight is 395 g/mol. The van der Waals surface area contributed by atoms with Crippen LogP contribution in [-0.2, 0) is 23.7 Å². The highest BCUT2D eigenvalue weighted by atomic mass is 16.6. The standard InChI is InChI=1S/C22H34O6/c1-2-3-4-5-6-10-13-25-14-15-26-16-17-27-18-19-28-22(24)21(23)20-11-8-7-9-12-20/h7-9,11-12H,2-6,10,13-19H2,1H3. The number of esters is 1. The Labute approximate surface area is 168 Å². The van der Waals surface area contributed by atoms with Crippen molar-refractivity contribution in [2.24, 2.45) is 0 Å². The summed E-state index contributed by atoms with van der Waals surface area (Å²) in [5.74, 6) is -1.52. The molecular weight excluding hydrogens is 360 g/mol. The molecule has 1 aromatic carbocycles. The Bertz CT molecular complexity index is 517. The van der Waals surface area contributed by atoms with Crippen LogP contribution in [0.25, 0.3) is 0 Å². The summed E-state index contributed by atoms with van der Waals surface area (Å²) in [5, 5.41) is 0. The van der Waals surface area contributed by atoms with Crippen LogP contribution in [0.1, 0.15) is 55.8 Å². The minimum Gasteiger partial charge on any atom is -0.457 e. The molecule has 6 nitrogen and oxygen atoms in total. The molecule has 0 bridgehead atoms. The summed E-state index contributed by atoms with van der Waals surface area (Å²) >= 11 is 0. The van der Waals surface area contributed by atoms with Crippen LogP contribution in [0.4, 0.5) is 0 Å². The van der Waals surface area contributed by atoms with Crippen molar-refractivity contribution in [2.75, 3.05) is 46.2 Å². The molecule has 0 saturated carbocycles. The molecule has 0 aliphatic carbocycles. The molecule has 1 rings (SSSR count). The number of carbonyl (C=O) groups is 2. The van der Waals surface area contributed by atoms with Crippen molar-refractivity contribution >= 4 is 11.8 Å². The summed E-state index contributed by atoms with van der Waals surface area (Å²) in [4.78, 5) is 23.4. The van der Waals surface area contributed by atoms with Gasteiger partial charge in [0, 0.05) is 12.2 Å². The molecule has 0 fully saturated rings. The van der Waals surface area contributed by atoms with E-state index in [1.54, 1.807) is 30.3 Å². The smallest absolute Gasteiger partial charge is 0.379 e. The first kappa shape index (κ1) is 24.3. The third-order valence-electron chi connectivity index (χ3n) is 4.07. The van der Waals surface area contributed by atoms with Crippen LogP contribution in [-0.4, -0.2) is 58.0 Å². The van der Waals surface area contributed by atoms with Crippen molar-refractivity contribution in [1.29, 1.82) is 0 Å². The van der Waals surface area contributed by atoms with Crippen LogP contribution in [0.3, 0.4) is 0 Å². The maximum absolute atomic E-state index is 11.8. The summed E-state index contributed by atoms with van der Waals surface area (Å²) in [6, 6.07) is 8.33. The van der Waals surface area contributed by atoms with Gasteiger partial charge in [0.1, 0.15) is 6.61 Å². The van der Waals surface area contributed by atoms with E-state index in [4.69, 9.17) is 18.9 Å². The number of Topliss-reactive ketones (excluding diaryl/α,β-unsaturated/α-hetero) is 1. The van der Waals surface area contributed by atoms with Gasteiger partial charge in [0.2, 0.25) is 0 Å². The minimum absolute atomic E-state index is 0.0405. The highest BCUT2D eigenvalue weighted by molar-refractivity contribution is 6.40. The Morgan fingerprint density at radius 3 is 1.86 bits per heavy atom. The van der Waals surface area contributed by atoms with Crippen LogP contribution in [0.2, 0.25) is 0 Å². The van der Waals surface area contributed by atoms with E-state index in [1.165, 1.54) is 32.1 Å². The third kappa shape index (κ3) is 12.6. The molecule has 0 aliphatic heterocycles. The fraction of sp³-hybridized carbons (Fsp3) is 0.636. The molecule has 0 unspecified atom stereocenters. The van der Waals surface area contributed by atoms with Crippen LogP contribution in [0.5, 0.6) is 0 Å². The van der Waals surface area contributed by atoms with E-state index in [1.807, 2.05) is 0 Å². The Hall–Kier alpha value is -1.76. The monoisotopic (exact) mass is 394 g/mol. The third-order valence-corrected chi connectivity index (χ3v) is 4.07. The number of ether oxygens (including phenoxy) is 4. The Morgan fingerprint density at radius 2 is 1.21 bits per heavy atom. The van der Waals surface area contributed by atoms with Crippen molar-refractivity contribution in [3.8, 4) is 0 Å². The molecule has 0 saturated heterocycles. The first-order valence-corrected chi connectivity index (χ1v) is 10.3. The lowest BCUT2D eigenvalue weighted by molar-refractivity contribution is -0.139. The number of unbranched alkanes of at least 4 members (excludes halogenated alkanes) is 5. The highest BCUT2D eigenvalue weighted by Crippen LogP contribution is 2.04. The molecule has 0 heterocycles. The summed E-state index contributed by atoms with van der Waals surface area (Å²) in [7, 11) is 0. The number of rotatable bonds is 18. The summed E-state index contributed by atoms with van der Waals surface area (Å²) in [5.41, 5.74) is 0.320. The molecule has 1 aromatic rings. The van der Waals surface area contributed by atoms with Gasteiger partial charge in [-0.3, -0.25) is 4.79 Å². The molecule has 6 heteroatoms. The predicted octanol–water partition coefficient (Wildman–Crippen LogP) is 3.82. The molecule has 158 valence electrons. The Balaban J connectivity index is 1.83. The number of ketones is 1. The van der Waals surface area contributed by atoms with Crippen molar-refractivity contribution in [2.45, 2.75) is 45.4 Å². The van der Waals surface area contributed by atoms with Gasteiger partial charge in [-0.25, -0.2) is 4.79 Å². The second-order valence-corrected chi connectivity index (χ2v) is 6.44. The second-order valence-electron chi connectivity index (χ2n) is 6.44. The fourth-order valence-corrected chi connectivity index (χ4v) is 2.49. The van der Waals surface area contributed by atoms with Gasteiger partial charge >= 0.3 is 5.97 Å². The molecule has 0 aliphatic rings. The lowest BCUT2D eigenvalue weighted by Gasteiger charge is -2.07. The number of hydrogen-bond donors (Lipinski definition) is 0. The quantitative estimate of drug-likeness (QED) is 0.163. The molecule has 0 N–H and O–H groups in total. The van der Waals surface area contributed by atoms with Gasteiger partial charge in [0.05, 0.1) is 33.0 Å². The van der Waals surface area contributed by atoms with Gasteiger partial charge in [-0.05, 0) is 6.42 Å². The van der Waals surface area contributed by atoms with E-state index < -0.39 is 11.8 Å². The van der Waals surface area contributed by atoms with Crippen LogP contribution >= 0.6 is 0 Å². The van der Waals surface area contributed by atoms with Gasteiger partial charge in [-0.15, -0.1) is 0 Å². The molecule has 0 aromatic heterocycles. The molecule has 0 amide bonds. The molecular formula is C22H34O6. The van der Waals surface area contributed by atoms with E-state index >= 15 is 0 Å². The zero-order valence-electron chi connectivity index (χ0n) is 17.0. The van der Waals surface area contributed by atoms with E-state index in [-0.39, 0.29) is 13.2 Å². The SMILES string of the molecule is CCCCCCCCOCCOCCOCCOC(=O)C(=O)c1ccccc1. The van der Waals surface area contributed by atoms with Gasteiger partial charge in [0.15, 0.2) is 0 Å². The Morgan fingerprint density at radius 1 is 0.679 bits per heavy atom. The maximum atomic E-state index is 11.8. The van der Waals surface area contributed by atoms with Crippen LogP contribution in [0, 0.1) is 0 Å². The van der Waals surface area contributed by atoms with E-state index in [2.05, 4.69) is 6.92 Å². The zero-order valence-corrected chi connectivity index (χ0v) is 17.0. The second kappa shape index (κ2) is 17.3. The normalized spacial score (nSPS) is 10.8. The lowest BCUT2D eigenvalue weighted by Crippen LogP contribution is -2.20. The van der Waals surface area contributed by atoms with Crippen molar-refractivity contribution in [3.63, 3.8) is 0 Å². The molecule has 0 radical (unpaired) electrons. The minimum atomic E-state index is -0.867. The van der Waals surface area contributed by atoms with Gasteiger partial charge in [-0.2, -0.15) is 0 Å². The topological polar surface area (TPSA) is 71.1 Å². The van der Waals surface area contributed by atoms with E-state index in [0.717, 1.165) is 13.0 Å². The van der Waals surface area contributed by atoms with Crippen molar-refractivity contribution in [1.82, 2.24) is 0 Å². The van der Waals surface area contributed by atoms with E-state index in [0.29, 0.717) is 32.0 Å². The summed E-state index contributed by atoms with van der Waals surface area (Å²) < 4.78 is 21.1. The van der Waals surface area contributed by atoms with Gasteiger partial charge in [-0.1, -0.05) is 69.4 Å². The highest BCUT2D eigenvalue weighted by Gasteiger charge is 2.16. The molecule has 0 spiro atoms.